The lowest BCUT2D eigenvalue weighted by atomic mass is 9.91. The molecular formula is C21H29NO3. The third kappa shape index (κ3) is 5.40. The minimum absolute atomic E-state index is 0.168. The van der Waals surface area contributed by atoms with Crippen LogP contribution in [0.15, 0.2) is 42.5 Å². The van der Waals surface area contributed by atoms with Crippen LogP contribution >= 0.6 is 0 Å². The number of methoxy groups -OCH3 is 2. The molecule has 25 heavy (non-hydrogen) atoms. The van der Waals surface area contributed by atoms with Gasteiger partial charge in [-0.1, -0.05) is 32.0 Å². The number of ether oxygens (including phenoxy) is 3. The van der Waals surface area contributed by atoms with E-state index in [4.69, 9.17) is 19.9 Å². The highest BCUT2D eigenvalue weighted by Crippen LogP contribution is 2.32. The van der Waals surface area contributed by atoms with Crippen LogP contribution in [-0.2, 0) is 6.42 Å². The quantitative estimate of drug-likeness (QED) is 0.747. The van der Waals surface area contributed by atoms with Crippen molar-refractivity contribution in [1.29, 1.82) is 0 Å². The van der Waals surface area contributed by atoms with Crippen LogP contribution in [0.3, 0.4) is 0 Å². The molecule has 0 fully saturated rings. The van der Waals surface area contributed by atoms with Gasteiger partial charge in [0.2, 0.25) is 0 Å². The molecule has 0 aliphatic rings. The van der Waals surface area contributed by atoms with Crippen molar-refractivity contribution in [1.82, 2.24) is 0 Å². The van der Waals surface area contributed by atoms with Gasteiger partial charge >= 0.3 is 0 Å². The first-order valence-corrected chi connectivity index (χ1v) is 8.71. The standard InChI is InChI=1S/C21H29NO3/c1-15(2)14-25-19-7-5-6-16(11-19)10-17(13-22)20-9-8-18(23-3)12-21(20)24-4/h5-9,11-12,15,17H,10,13-14,22H2,1-4H3. The van der Waals surface area contributed by atoms with E-state index in [1.807, 2.05) is 30.3 Å². The molecule has 4 heteroatoms. The van der Waals surface area contributed by atoms with Crippen LogP contribution in [0, 0.1) is 5.92 Å². The van der Waals surface area contributed by atoms with E-state index in [0.717, 1.165) is 35.8 Å². The summed E-state index contributed by atoms with van der Waals surface area (Å²) >= 11 is 0. The van der Waals surface area contributed by atoms with Crippen LogP contribution in [0.1, 0.15) is 30.9 Å². The Hall–Kier alpha value is -2.20. The zero-order chi connectivity index (χ0) is 18.2. The number of benzene rings is 2. The second-order valence-electron chi connectivity index (χ2n) is 6.60. The van der Waals surface area contributed by atoms with Gasteiger partial charge in [0.1, 0.15) is 17.2 Å². The van der Waals surface area contributed by atoms with Crippen molar-refractivity contribution >= 4 is 0 Å². The molecule has 2 rings (SSSR count). The molecule has 0 aliphatic heterocycles. The fraction of sp³-hybridized carbons (Fsp3) is 0.429. The summed E-state index contributed by atoms with van der Waals surface area (Å²) < 4.78 is 16.6. The minimum atomic E-state index is 0.168. The third-order valence-corrected chi connectivity index (χ3v) is 4.13. The third-order valence-electron chi connectivity index (χ3n) is 4.13. The van der Waals surface area contributed by atoms with Crippen molar-refractivity contribution in [3.8, 4) is 17.2 Å². The molecule has 0 bridgehead atoms. The zero-order valence-electron chi connectivity index (χ0n) is 15.6. The van der Waals surface area contributed by atoms with E-state index in [1.54, 1.807) is 14.2 Å². The average Bonchev–Trinajstić information content (AvgIpc) is 2.64. The lowest BCUT2D eigenvalue weighted by molar-refractivity contribution is 0.271. The smallest absolute Gasteiger partial charge is 0.126 e. The highest BCUT2D eigenvalue weighted by atomic mass is 16.5. The van der Waals surface area contributed by atoms with E-state index < -0.39 is 0 Å². The molecule has 0 radical (unpaired) electrons. The maximum atomic E-state index is 6.07. The Labute approximate surface area is 150 Å². The summed E-state index contributed by atoms with van der Waals surface area (Å²) in [4.78, 5) is 0. The molecule has 2 N–H and O–H groups in total. The lowest BCUT2D eigenvalue weighted by Crippen LogP contribution is -2.16. The molecule has 0 heterocycles. The van der Waals surface area contributed by atoms with Gasteiger partial charge in [0, 0.05) is 12.0 Å². The highest BCUT2D eigenvalue weighted by Gasteiger charge is 2.16. The van der Waals surface area contributed by atoms with Crippen molar-refractivity contribution in [2.75, 3.05) is 27.4 Å². The van der Waals surface area contributed by atoms with E-state index in [9.17, 15) is 0 Å². The summed E-state index contributed by atoms with van der Waals surface area (Å²) in [5.41, 5.74) is 8.37. The monoisotopic (exact) mass is 343 g/mol. The summed E-state index contributed by atoms with van der Waals surface area (Å²) in [6, 6.07) is 14.1. The molecular weight excluding hydrogens is 314 g/mol. The highest BCUT2D eigenvalue weighted by molar-refractivity contribution is 5.44. The first kappa shape index (κ1) is 19.1. The molecule has 0 amide bonds. The molecule has 0 saturated heterocycles. The number of nitrogens with two attached hydrogens (primary N) is 1. The van der Waals surface area contributed by atoms with Crippen LogP contribution < -0.4 is 19.9 Å². The van der Waals surface area contributed by atoms with Crippen molar-refractivity contribution < 1.29 is 14.2 Å². The van der Waals surface area contributed by atoms with E-state index in [2.05, 4.69) is 26.0 Å². The predicted octanol–water partition coefficient (Wildman–Crippen LogP) is 4.02. The van der Waals surface area contributed by atoms with Gasteiger partial charge in [0.25, 0.3) is 0 Å². The van der Waals surface area contributed by atoms with Crippen LogP contribution in [0.25, 0.3) is 0 Å². The summed E-state index contributed by atoms with van der Waals surface area (Å²) in [5.74, 6) is 3.16. The molecule has 1 atom stereocenters. The maximum Gasteiger partial charge on any atom is 0.126 e. The SMILES string of the molecule is COc1ccc(C(CN)Cc2cccc(OCC(C)C)c2)c(OC)c1. The van der Waals surface area contributed by atoms with E-state index in [0.29, 0.717) is 12.5 Å². The van der Waals surface area contributed by atoms with Crippen LogP contribution in [-0.4, -0.2) is 27.4 Å². The van der Waals surface area contributed by atoms with E-state index in [-0.39, 0.29) is 5.92 Å². The second kappa shape index (κ2) is 9.33. The largest absolute Gasteiger partial charge is 0.497 e. The van der Waals surface area contributed by atoms with Crippen LogP contribution in [0.2, 0.25) is 0 Å². The van der Waals surface area contributed by atoms with Gasteiger partial charge in [-0.25, -0.2) is 0 Å². The van der Waals surface area contributed by atoms with Gasteiger partial charge in [0.15, 0.2) is 0 Å². The van der Waals surface area contributed by atoms with Crippen molar-refractivity contribution in [3.63, 3.8) is 0 Å². The summed E-state index contributed by atoms with van der Waals surface area (Å²) in [5, 5.41) is 0. The van der Waals surface area contributed by atoms with Crippen molar-refractivity contribution in [2.45, 2.75) is 26.2 Å². The van der Waals surface area contributed by atoms with Gasteiger partial charge < -0.3 is 19.9 Å². The Morgan fingerprint density at radius 2 is 1.76 bits per heavy atom. The number of hydrogen-bond acceptors (Lipinski definition) is 4. The topological polar surface area (TPSA) is 53.7 Å². The Morgan fingerprint density at radius 1 is 0.960 bits per heavy atom. The van der Waals surface area contributed by atoms with E-state index >= 15 is 0 Å². The minimum Gasteiger partial charge on any atom is -0.497 e. The first-order valence-electron chi connectivity index (χ1n) is 8.71. The van der Waals surface area contributed by atoms with Gasteiger partial charge in [-0.05, 0) is 48.2 Å². The Balaban J connectivity index is 2.18. The van der Waals surface area contributed by atoms with Gasteiger partial charge in [-0.3, -0.25) is 0 Å². The molecule has 2 aromatic carbocycles. The maximum absolute atomic E-state index is 6.07. The van der Waals surface area contributed by atoms with E-state index in [1.165, 1.54) is 5.56 Å². The average molecular weight is 343 g/mol. The van der Waals surface area contributed by atoms with Crippen molar-refractivity contribution in [2.24, 2.45) is 11.7 Å². The Bertz CT molecular complexity index is 670. The first-order chi connectivity index (χ1) is 12.1. The Kier molecular flexibility index (Phi) is 7.14. The second-order valence-corrected chi connectivity index (χ2v) is 6.60. The molecule has 2 aromatic rings. The zero-order valence-corrected chi connectivity index (χ0v) is 15.6. The molecule has 0 aromatic heterocycles. The fourth-order valence-corrected chi connectivity index (χ4v) is 2.79. The summed E-state index contributed by atoms with van der Waals surface area (Å²) in [7, 11) is 3.32. The fourth-order valence-electron chi connectivity index (χ4n) is 2.79. The molecule has 0 spiro atoms. The van der Waals surface area contributed by atoms with Crippen LogP contribution in [0.5, 0.6) is 17.2 Å². The van der Waals surface area contributed by atoms with Gasteiger partial charge in [0.05, 0.1) is 20.8 Å². The summed E-state index contributed by atoms with van der Waals surface area (Å²) in [6.45, 7) is 5.55. The number of hydrogen-bond donors (Lipinski definition) is 1. The number of rotatable bonds is 9. The lowest BCUT2D eigenvalue weighted by Gasteiger charge is -2.19. The normalized spacial score (nSPS) is 12.1. The van der Waals surface area contributed by atoms with Gasteiger partial charge in [-0.2, -0.15) is 0 Å². The molecule has 4 nitrogen and oxygen atoms in total. The van der Waals surface area contributed by atoms with Gasteiger partial charge in [-0.15, -0.1) is 0 Å². The Morgan fingerprint density at radius 3 is 2.40 bits per heavy atom. The van der Waals surface area contributed by atoms with Crippen LogP contribution in [0.4, 0.5) is 0 Å². The molecule has 136 valence electrons. The molecule has 0 saturated carbocycles. The molecule has 1 unspecified atom stereocenters. The molecule has 0 aliphatic carbocycles. The van der Waals surface area contributed by atoms with Crippen molar-refractivity contribution in [3.05, 3.63) is 53.6 Å². The summed E-state index contributed by atoms with van der Waals surface area (Å²) in [6.07, 6.45) is 0.831. The predicted molar refractivity (Wildman–Crippen MR) is 102 cm³/mol.